The summed E-state index contributed by atoms with van der Waals surface area (Å²) in [6, 6.07) is 15.9. The van der Waals surface area contributed by atoms with Crippen LogP contribution in [0, 0.1) is 0 Å². The van der Waals surface area contributed by atoms with E-state index >= 15 is 0 Å². The van der Waals surface area contributed by atoms with Gasteiger partial charge >= 0.3 is 0 Å². The second kappa shape index (κ2) is 10.9. The van der Waals surface area contributed by atoms with Crippen LogP contribution in [0.1, 0.15) is 41.2 Å². The van der Waals surface area contributed by atoms with Crippen LogP contribution in [0.15, 0.2) is 71.7 Å². The first-order valence-electron chi connectivity index (χ1n) is 11.5. The van der Waals surface area contributed by atoms with Crippen molar-refractivity contribution < 1.29 is 14.3 Å². The van der Waals surface area contributed by atoms with Gasteiger partial charge in [0.25, 0.3) is 11.8 Å². The van der Waals surface area contributed by atoms with Gasteiger partial charge in [-0.15, -0.1) is 0 Å². The van der Waals surface area contributed by atoms with E-state index in [4.69, 9.17) is 10.6 Å². The number of carbonyl (C=O) groups excluding carboxylic acids is 2. The van der Waals surface area contributed by atoms with Gasteiger partial charge in [-0.05, 0) is 67.3 Å². The first-order chi connectivity index (χ1) is 17.0. The highest BCUT2D eigenvalue weighted by Gasteiger charge is 2.30. The lowest BCUT2D eigenvalue weighted by Gasteiger charge is -2.29. The van der Waals surface area contributed by atoms with Gasteiger partial charge in [0.15, 0.2) is 6.04 Å². The topological polar surface area (TPSA) is 121 Å². The van der Waals surface area contributed by atoms with Crippen molar-refractivity contribution >= 4 is 23.2 Å². The minimum Gasteiger partial charge on any atom is -0.497 e. The number of methoxy groups -OCH3 is 1. The second-order valence-electron chi connectivity index (χ2n) is 8.41. The SMILES string of the molecule is COc1ccc(C(C(=O)Nc2ccc(N3CCCCC3)cc2)N(N)C(=O)c2ccc(=O)[nH]c2)cc1. The lowest BCUT2D eigenvalue weighted by molar-refractivity contribution is -0.120. The average Bonchev–Trinajstić information content (AvgIpc) is 2.90. The summed E-state index contributed by atoms with van der Waals surface area (Å²) >= 11 is 0. The molecular weight excluding hydrogens is 446 g/mol. The van der Waals surface area contributed by atoms with Crippen molar-refractivity contribution in [1.29, 1.82) is 0 Å². The molecule has 1 saturated heterocycles. The third kappa shape index (κ3) is 5.70. The molecule has 0 aliphatic carbocycles. The molecule has 1 aliphatic heterocycles. The second-order valence-corrected chi connectivity index (χ2v) is 8.41. The van der Waals surface area contributed by atoms with Crippen molar-refractivity contribution in [2.45, 2.75) is 25.3 Å². The Morgan fingerprint density at radius 3 is 2.29 bits per heavy atom. The Labute approximate surface area is 203 Å². The van der Waals surface area contributed by atoms with E-state index in [1.807, 2.05) is 24.3 Å². The fourth-order valence-electron chi connectivity index (χ4n) is 4.15. The number of H-pyrrole nitrogens is 1. The molecule has 1 atom stereocenters. The van der Waals surface area contributed by atoms with Crippen LogP contribution in [-0.4, -0.2) is 42.0 Å². The maximum atomic E-state index is 13.4. The van der Waals surface area contributed by atoms with E-state index < -0.39 is 17.9 Å². The maximum absolute atomic E-state index is 13.4. The van der Waals surface area contributed by atoms with Crippen LogP contribution in [0.5, 0.6) is 5.75 Å². The molecule has 1 aliphatic rings. The number of benzene rings is 2. The summed E-state index contributed by atoms with van der Waals surface area (Å²) in [4.78, 5) is 42.6. The number of anilines is 2. The van der Waals surface area contributed by atoms with E-state index in [-0.39, 0.29) is 11.1 Å². The zero-order chi connectivity index (χ0) is 24.8. The van der Waals surface area contributed by atoms with Gasteiger partial charge in [0.2, 0.25) is 5.56 Å². The minimum atomic E-state index is -1.12. The number of amides is 2. The first-order valence-corrected chi connectivity index (χ1v) is 11.5. The highest BCUT2D eigenvalue weighted by Crippen LogP contribution is 2.26. The van der Waals surface area contributed by atoms with Gasteiger partial charge in [-0.3, -0.25) is 19.4 Å². The van der Waals surface area contributed by atoms with Crippen LogP contribution < -0.4 is 26.4 Å². The minimum absolute atomic E-state index is 0.157. The van der Waals surface area contributed by atoms with E-state index in [9.17, 15) is 14.4 Å². The average molecular weight is 476 g/mol. The molecule has 9 heteroatoms. The highest BCUT2D eigenvalue weighted by atomic mass is 16.5. The molecule has 1 aromatic heterocycles. The lowest BCUT2D eigenvalue weighted by Crippen LogP contribution is -2.46. The monoisotopic (exact) mass is 475 g/mol. The molecule has 182 valence electrons. The molecule has 35 heavy (non-hydrogen) atoms. The molecule has 4 rings (SSSR count). The number of rotatable bonds is 7. The molecule has 9 nitrogen and oxygen atoms in total. The highest BCUT2D eigenvalue weighted by molar-refractivity contribution is 6.01. The molecule has 2 aromatic carbocycles. The fourth-order valence-corrected chi connectivity index (χ4v) is 4.15. The molecular formula is C26H29N5O4. The first kappa shape index (κ1) is 24.0. The molecule has 1 unspecified atom stereocenters. The van der Waals surface area contributed by atoms with Crippen LogP contribution in [0.4, 0.5) is 11.4 Å². The number of pyridine rings is 1. The number of aromatic amines is 1. The third-order valence-electron chi connectivity index (χ3n) is 6.08. The summed E-state index contributed by atoms with van der Waals surface area (Å²) in [5, 5.41) is 3.74. The molecule has 1 fully saturated rings. The Hall–Kier alpha value is -4.11. The number of carbonyl (C=O) groups is 2. The number of piperidine rings is 1. The summed E-state index contributed by atoms with van der Waals surface area (Å²) in [5.74, 6) is 5.73. The number of nitrogens with two attached hydrogens (primary N) is 1. The summed E-state index contributed by atoms with van der Waals surface area (Å²) in [6.07, 6.45) is 4.88. The number of nitrogens with zero attached hydrogens (tertiary/aromatic N) is 2. The standard InChI is InChI=1S/C26H29N5O4/c1-35-22-12-5-18(6-13-22)24(31(27)26(34)19-7-14-23(32)28-17-19)25(33)29-20-8-10-21(11-9-20)30-15-3-2-4-16-30/h5-14,17,24H,2-4,15-16,27H2,1H3,(H,28,32)(H,29,33). The largest absolute Gasteiger partial charge is 0.497 e. The van der Waals surface area contributed by atoms with Gasteiger partial charge in [0.05, 0.1) is 12.7 Å². The molecule has 0 radical (unpaired) electrons. The number of nitrogens with one attached hydrogen (secondary N) is 2. The molecule has 3 aromatic rings. The fraction of sp³-hybridized carbons (Fsp3) is 0.269. The van der Waals surface area contributed by atoms with E-state index in [1.165, 1.54) is 37.6 Å². The summed E-state index contributed by atoms with van der Waals surface area (Å²) in [7, 11) is 1.54. The van der Waals surface area contributed by atoms with E-state index in [2.05, 4.69) is 15.2 Å². The molecule has 0 saturated carbocycles. The Balaban J connectivity index is 1.57. The predicted octanol–water partition coefficient (Wildman–Crippen LogP) is 3.07. The number of hydrogen-bond acceptors (Lipinski definition) is 6. The van der Waals surface area contributed by atoms with Gasteiger partial charge in [-0.1, -0.05) is 12.1 Å². The van der Waals surface area contributed by atoms with Crippen molar-refractivity contribution in [2.24, 2.45) is 5.84 Å². The summed E-state index contributed by atoms with van der Waals surface area (Å²) in [5.41, 5.74) is 2.03. The zero-order valence-electron chi connectivity index (χ0n) is 19.6. The molecule has 0 spiro atoms. The Kier molecular flexibility index (Phi) is 7.47. The van der Waals surface area contributed by atoms with Gasteiger partial charge < -0.3 is 19.9 Å². The lowest BCUT2D eigenvalue weighted by atomic mass is 10.0. The molecule has 2 amide bonds. The summed E-state index contributed by atoms with van der Waals surface area (Å²) < 4.78 is 5.20. The van der Waals surface area contributed by atoms with Crippen LogP contribution in [-0.2, 0) is 4.79 Å². The third-order valence-corrected chi connectivity index (χ3v) is 6.08. The van der Waals surface area contributed by atoms with Crippen molar-refractivity contribution in [3.8, 4) is 5.75 Å². The molecule has 0 bridgehead atoms. The maximum Gasteiger partial charge on any atom is 0.270 e. The van der Waals surface area contributed by atoms with E-state index in [0.717, 1.165) is 23.8 Å². The Morgan fingerprint density at radius 2 is 1.69 bits per heavy atom. The Morgan fingerprint density at radius 1 is 1.00 bits per heavy atom. The van der Waals surface area contributed by atoms with E-state index in [0.29, 0.717) is 17.0 Å². The van der Waals surface area contributed by atoms with Gasteiger partial charge in [0.1, 0.15) is 5.75 Å². The summed E-state index contributed by atoms with van der Waals surface area (Å²) in [6.45, 7) is 2.06. The quantitative estimate of drug-likeness (QED) is 0.274. The van der Waals surface area contributed by atoms with Crippen molar-refractivity contribution in [2.75, 3.05) is 30.4 Å². The van der Waals surface area contributed by atoms with Crippen molar-refractivity contribution in [1.82, 2.24) is 9.99 Å². The predicted molar refractivity (Wildman–Crippen MR) is 134 cm³/mol. The number of hydrazine groups is 1. The van der Waals surface area contributed by atoms with Crippen LogP contribution in [0.25, 0.3) is 0 Å². The van der Waals surface area contributed by atoms with Crippen LogP contribution in [0.2, 0.25) is 0 Å². The number of hydrogen-bond donors (Lipinski definition) is 3. The normalized spacial score (nSPS) is 14.2. The zero-order valence-corrected chi connectivity index (χ0v) is 19.6. The molecule has 4 N–H and O–H groups in total. The van der Waals surface area contributed by atoms with E-state index in [1.54, 1.807) is 31.4 Å². The van der Waals surface area contributed by atoms with Gasteiger partial charge in [0, 0.05) is 36.7 Å². The Bertz CT molecular complexity index is 1200. The smallest absolute Gasteiger partial charge is 0.270 e. The van der Waals surface area contributed by atoms with Crippen LogP contribution >= 0.6 is 0 Å². The van der Waals surface area contributed by atoms with Crippen LogP contribution in [0.3, 0.4) is 0 Å². The van der Waals surface area contributed by atoms with Crippen molar-refractivity contribution in [3.05, 3.63) is 88.3 Å². The van der Waals surface area contributed by atoms with Gasteiger partial charge in [-0.2, -0.15) is 0 Å². The van der Waals surface area contributed by atoms with Gasteiger partial charge in [-0.25, -0.2) is 5.84 Å². The number of aromatic nitrogens is 1. The van der Waals surface area contributed by atoms with Crippen molar-refractivity contribution in [3.63, 3.8) is 0 Å². The molecule has 2 heterocycles. The number of ether oxygens (including phenoxy) is 1.